The number of rotatable bonds is 5. The van der Waals surface area contributed by atoms with E-state index in [4.69, 9.17) is 0 Å². The van der Waals surface area contributed by atoms with Crippen LogP contribution in [0.15, 0.2) is 53.0 Å². The molecular weight excluding hydrogens is 380 g/mol. The number of nitrogens with zero attached hydrogens (tertiary/aromatic N) is 1. The molecule has 0 spiro atoms. The van der Waals surface area contributed by atoms with Gasteiger partial charge < -0.3 is 10.2 Å². The summed E-state index contributed by atoms with van der Waals surface area (Å²) in [7, 11) is 0. The van der Waals surface area contributed by atoms with E-state index in [0.717, 1.165) is 27.6 Å². The summed E-state index contributed by atoms with van der Waals surface area (Å²) in [5.41, 5.74) is 2.89. The van der Waals surface area contributed by atoms with E-state index < -0.39 is 6.04 Å². The quantitative estimate of drug-likeness (QED) is 0.833. The fourth-order valence-corrected chi connectivity index (χ4v) is 3.70. The SMILES string of the molecule is CCCN1C(=O)Cc2ccccc2[C@H]1C(=O)NCc1cccc(Br)c1. The maximum absolute atomic E-state index is 12.9. The fourth-order valence-electron chi connectivity index (χ4n) is 3.25. The molecule has 1 heterocycles. The van der Waals surface area contributed by atoms with Gasteiger partial charge in [-0.1, -0.05) is 59.3 Å². The standard InChI is InChI=1S/C20H21BrN2O2/c1-2-10-23-18(24)12-15-7-3-4-9-17(15)19(23)20(25)22-13-14-6-5-8-16(21)11-14/h3-9,11,19H,2,10,12-13H2,1H3,(H,22,25)/t19-/m0/s1. The highest BCUT2D eigenvalue weighted by atomic mass is 79.9. The van der Waals surface area contributed by atoms with Gasteiger partial charge in [-0.2, -0.15) is 0 Å². The third-order valence-corrected chi connectivity index (χ3v) is 4.89. The molecule has 2 aromatic rings. The van der Waals surface area contributed by atoms with Gasteiger partial charge in [-0.25, -0.2) is 0 Å². The Bertz CT molecular complexity index is 791. The first-order chi connectivity index (χ1) is 12.1. The second-order valence-corrected chi connectivity index (χ2v) is 7.13. The van der Waals surface area contributed by atoms with Crippen molar-refractivity contribution in [3.63, 3.8) is 0 Å². The molecular formula is C20H21BrN2O2. The van der Waals surface area contributed by atoms with Gasteiger partial charge in [0.15, 0.2) is 0 Å². The van der Waals surface area contributed by atoms with Gasteiger partial charge >= 0.3 is 0 Å². The maximum Gasteiger partial charge on any atom is 0.247 e. The lowest BCUT2D eigenvalue weighted by molar-refractivity contribution is -0.141. The number of halogens is 1. The van der Waals surface area contributed by atoms with Crippen molar-refractivity contribution in [1.29, 1.82) is 0 Å². The second kappa shape index (κ2) is 7.83. The van der Waals surface area contributed by atoms with Gasteiger partial charge in [0.25, 0.3) is 0 Å². The lowest BCUT2D eigenvalue weighted by Crippen LogP contribution is -2.47. The normalized spacial score (nSPS) is 16.5. The molecule has 0 saturated carbocycles. The van der Waals surface area contributed by atoms with E-state index in [9.17, 15) is 9.59 Å². The first kappa shape index (κ1) is 17.7. The molecule has 1 aliphatic rings. The largest absolute Gasteiger partial charge is 0.350 e. The summed E-state index contributed by atoms with van der Waals surface area (Å²) >= 11 is 3.44. The van der Waals surface area contributed by atoms with E-state index in [-0.39, 0.29) is 11.8 Å². The number of hydrogen-bond acceptors (Lipinski definition) is 2. The van der Waals surface area contributed by atoms with Crippen LogP contribution in [0.1, 0.15) is 36.1 Å². The number of carbonyl (C=O) groups is 2. The number of benzene rings is 2. The highest BCUT2D eigenvalue weighted by Crippen LogP contribution is 2.30. The molecule has 3 rings (SSSR count). The minimum atomic E-state index is -0.551. The van der Waals surface area contributed by atoms with Crippen LogP contribution in [0.4, 0.5) is 0 Å². The number of carbonyl (C=O) groups excluding carboxylic acids is 2. The summed E-state index contributed by atoms with van der Waals surface area (Å²) in [5, 5.41) is 2.99. The van der Waals surface area contributed by atoms with Gasteiger partial charge in [-0.15, -0.1) is 0 Å². The average Bonchev–Trinajstić information content (AvgIpc) is 2.60. The third-order valence-electron chi connectivity index (χ3n) is 4.39. The van der Waals surface area contributed by atoms with Crippen molar-refractivity contribution < 1.29 is 9.59 Å². The summed E-state index contributed by atoms with van der Waals surface area (Å²) in [6.45, 7) is 3.04. The van der Waals surface area contributed by atoms with Crippen LogP contribution in [0.25, 0.3) is 0 Å². The van der Waals surface area contributed by atoms with Gasteiger partial charge in [0, 0.05) is 17.6 Å². The monoisotopic (exact) mass is 400 g/mol. The Hall–Kier alpha value is -2.14. The van der Waals surface area contributed by atoms with Gasteiger partial charge in [0.2, 0.25) is 11.8 Å². The first-order valence-electron chi connectivity index (χ1n) is 8.49. The van der Waals surface area contributed by atoms with Crippen molar-refractivity contribution in [2.75, 3.05) is 6.54 Å². The molecule has 1 atom stereocenters. The molecule has 1 aliphatic heterocycles. The molecule has 0 aromatic heterocycles. The van der Waals surface area contributed by atoms with E-state index in [0.29, 0.717) is 19.5 Å². The van der Waals surface area contributed by atoms with Crippen LogP contribution in [0.3, 0.4) is 0 Å². The van der Waals surface area contributed by atoms with E-state index in [1.54, 1.807) is 4.90 Å². The molecule has 130 valence electrons. The summed E-state index contributed by atoms with van der Waals surface area (Å²) < 4.78 is 0.977. The van der Waals surface area contributed by atoms with Crippen LogP contribution in [0.5, 0.6) is 0 Å². The highest BCUT2D eigenvalue weighted by Gasteiger charge is 2.36. The lowest BCUT2D eigenvalue weighted by atomic mass is 9.91. The van der Waals surface area contributed by atoms with Crippen LogP contribution in [0.2, 0.25) is 0 Å². The number of amides is 2. The molecule has 0 aliphatic carbocycles. The van der Waals surface area contributed by atoms with Crippen molar-refractivity contribution in [2.45, 2.75) is 32.4 Å². The third kappa shape index (κ3) is 3.93. The van der Waals surface area contributed by atoms with Crippen molar-refractivity contribution in [3.05, 3.63) is 69.7 Å². The Morgan fingerprint density at radius 3 is 2.80 bits per heavy atom. The summed E-state index contributed by atoms with van der Waals surface area (Å²) in [4.78, 5) is 27.2. The molecule has 4 nitrogen and oxygen atoms in total. The second-order valence-electron chi connectivity index (χ2n) is 6.21. The van der Waals surface area contributed by atoms with E-state index in [1.165, 1.54) is 0 Å². The fraction of sp³-hybridized carbons (Fsp3) is 0.300. The Morgan fingerprint density at radius 2 is 2.04 bits per heavy atom. The average molecular weight is 401 g/mol. The van der Waals surface area contributed by atoms with Gasteiger partial charge in [0.1, 0.15) is 6.04 Å². The number of fused-ring (bicyclic) bond motifs is 1. The Kier molecular flexibility index (Phi) is 5.53. The molecule has 2 aromatic carbocycles. The molecule has 0 fully saturated rings. The topological polar surface area (TPSA) is 49.4 Å². The van der Waals surface area contributed by atoms with Gasteiger partial charge in [-0.3, -0.25) is 9.59 Å². The van der Waals surface area contributed by atoms with Crippen molar-refractivity contribution in [3.8, 4) is 0 Å². The van der Waals surface area contributed by atoms with Crippen molar-refractivity contribution in [1.82, 2.24) is 10.2 Å². The smallest absolute Gasteiger partial charge is 0.247 e. The Labute approximate surface area is 156 Å². The highest BCUT2D eigenvalue weighted by molar-refractivity contribution is 9.10. The van der Waals surface area contributed by atoms with Crippen molar-refractivity contribution >= 4 is 27.7 Å². The van der Waals surface area contributed by atoms with Crippen LogP contribution in [-0.4, -0.2) is 23.3 Å². The first-order valence-corrected chi connectivity index (χ1v) is 9.29. The Balaban J connectivity index is 1.83. The van der Waals surface area contributed by atoms with Crippen LogP contribution >= 0.6 is 15.9 Å². The van der Waals surface area contributed by atoms with Crippen LogP contribution < -0.4 is 5.32 Å². The number of nitrogens with one attached hydrogen (secondary N) is 1. The van der Waals surface area contributed by atoms with E-state index >= 15 is 0 Å². The molecule has 5 heteroatoms. The van der Waals surface area contributed by atoms with E-state index in [1.807, 2.05) is 55.5 Å². The number of hydrogen-bond donors (Lipinski definition) is 1. The predicted molar refractivity (Wildman–Crippen MR) is 101 cm³/mol. The minimum absolute atomic E-state index is 0.0168. The Morgan fingerprint density at radius 1 is 1.24 bits per heavy atom. The predicted octanol–water partition coefficient (Wildman–Crippen LogP) is 3.60. The van der Waals surface area contributed by atoms with E-state index in [2.05, 4.69) is 21.2 Å². The summed E-state index contributed by atoms with van der Waals surface area (Å²) in [5.74, 6) is -0.114. The van der Waals surface area contributed by atoms with Crippen molar-refractivity contribution in [2.24, 2.45) is 0 Å². The van der Waals surface area contributed by atoms with Crippen LogP contribution in [0, 0.1) is 0 Å². The van der Waals surface area contributed by atoms with Crippen LogP contribution in [-0.2, 0) is 22.6 Å². The maximum atomic E-state index is 12.9. The minimum Gasteiger partial charge on any atom is -0.350 e. The zero-order valence-corrected chi connectivity index (χ0v) is 15.8. The molecule has 25 heavy (non-hydrogen) atoms. The zero-order chi connectivity index (χ0) is 17.8. The zero-order valence-electron chi connectivity index (χ0n) is 14.2. The molecule has 1 N–H and O–H groups in total. The molecule has 0 unspecified atom stereocenters. The lowest BCUT2D eigenvalue weighted by Gasteiger charge is -2.36. The van der Waals surface area contributed by atoms with Gasteiger partial charge in [0.05, 0.1) is 6.42 Å². The molecule has 2 amide bonds. The molecule has 0 bridgehead atoms. The molecule has 0 saturated heterocycles. The van der Waals surface area contributed by atoms with Gasteiger partial charge in [-0.05, 0) is 35.2 Å². The summed E-state index contributed by atoms with van der Waals surface area (Å²) in [6, 6.07) is 15.0. The molecule has 0 radical (unpaired) electrons. The summed E-state index contributed by atoms with van der Waals surface area (Å²) in [6.07, 6.45) is 1.19.